The molecule has 2 amide bonds. The van der Waals surface area contributed by atoms with E-state index in [2.05, 4.69) is 10.6 Å². The van der Waals surface area contributed by atoms with Gasteiger partial charge in [0.15, 0.2) is 0 Å². The average molecular weight is 227 g/mol. The molecule has 1 unspecified atom stereocenters. The van der Waals surface area contributed by atoms with Crippen molar-refractivity contribution in [3.63, 3.8) is 0 Å². The number of carbonyl (C=O) groups excluding carboxylic acids is 2. The molecular formula is C11H21N3O2. The van der Waals surface area contributed by atoms with Crippen molar-refractivity contribution in [2.24, 2.45) is 11.1 Å². The second-order valence-electron chi connectivity index (χ2n) is 4.50. The van der Waals surface area contributed by atoms with Crippen LogP contribution in [0.3, 0.4) is 0 Å². The standard InChI is InChI=1S/C11H21N3O2/c1-8(9(15)13-2)14-10(16)11(7-12)5-3-4-6-11/h8H,3-7,12H2,1-2H3,(H,13,15)(H,14,16). The predicted molar refractivity (Wildman–Crippen MR) is 61.6 cm³/mol. The third kappa shape index (κ3) is 2.52. The molecular weight excluding hydrogens is 206 g/mol. The molecule has 4 N–H and O–H groups in total. The van der Waals surface area contributed by atoms with Crippen LogP contribution in [0, 0.1) is 5.41 Å². The van der Waals surface area contributed by atoms with E-state index < -0.39 is 11.5 Å². The molecule has 1 rings (SSSR count). The van der Waals surface area contributed by atoms with Crippen LogP contribution in [-0.4, -0.2) is 31.4 Å². The van der Waals surface area contributed by atoms with E-state index in [4.69, 9.17) is 5.73 Å². The van der Waals surface area contributed by atoms with Crippen molar-refractivity contribution in [1.29, 1.82) is 0 Å². The first-order valence-corrected chi connectivity index (χ1v) is 5.78. The third-order valence-corrected chi connectivity index (χ3v) is 3.42. The number of nitrogens with two attached hydrogens (primary N) is 1. The molecule has 1 aliphatic rings. The first kappa shape index (κ1) is 13.0. The molecule has 0 heterocycles. The molecule has 16 heavy (non-hydrogen) atoms. The molecule has 0 spiro atoms. The minimum Gasteiger partial charge on any atom is -0.357 e. The molecule has 0 saturated heterocycles. The van der Waals surface area contributed by atoms with Crippen molar-refractivity contribution in [2.45, 2.75) is 38.6 Å². The molecule has 5 heteroatoms. The van der Waals surface area contributed by atoms with E-state index in [1.807, 2.05) is 0 Å². The van der Waals surface area contributed by atoms with E-state index in [9.17, 15) is 9.59 Å². The number of likely N-dealkylation sites (N-methyl/N-ethyl adjacent to an activating group) is 1. The number of nitrogens with one attached hydrogen (secondary N) is 2. The Hall–Kier alpha value is -1.10. The second kappa shape index (κ2) is 5.30. The first-order chi connectivity index (χ1) is 7.55. The van der Waals surface area contributed by atoms with Gasteiger partial charge in [0.2, 0.25) is 11.8 Å². The third-order valence-electron chi connectivity index (χ3n) is 3.42. The summed E-state index contributed by atoms with van der Waals surface area (Å²) in [6.07, 6.45) is 3.74. The molecule has 0 aliphatic heterocycles. The molecule has 1 atom stereocenters. The topological polar surface area (TPSA) is 84.2 Å². The molecule has 1 saturated carbocycles. The van der Waals surface area contributed by atoms with Crippen LogP contribution in [-0.2, 0) is 9.59 Å². The highest BCUT2D eigenvalue weighted by Gasteiger charge is 2.40. The minimum absolute atomic E-state index is 0.0800. The van der Waals surface area contributed by atoms with Gasteiger partial charge in [0.25, 0.3) is 0 Å². The van der Waals surface area contributed by atoms with Crippen molar-refractivity contribution >= 4 is 11.8 Å². The fourth-order valence-electron chi connectivity index (χ4n) is 2.21. The molecule has 0 aromatic rings. The number of carbonyl (C=O) groups is 2. The maximum Gasteiger partial charge on any atom is 0.242 e. The number of hydrogen-bond donors (Lipinski definition) is 3. The van der Waals surface area contributed by atoms with Crippen molar-refractivity contribution in [2.75, 3.05) is 13.6 Å². The lowest BCUT2D eigenvalue weighted by atomic mass is 9.85. The Morgan fingerprint density at radius 2 is 1.94 bits per heavy atom. The summed E-state index contributed by atoms with van der Waals surface area (Å²) in [7, 11) is 1.55. The van der Waals surface area contributed by atoms with Gasteiger partial charge in [-0.3, -0.25) is 9.59 Å². The molecule has 0 bridgehead atoms. The van der Waals surface area contributed by atoms with Gasteiger partial charge in [0.05, 0.1) is 5.41 Å². The van der Waals surface area contributed by atoms with E-state index in [0.29, 0.717) is 6.54 Å². The van der Waals surface area contributed by atoms with Gasteiger partial charge < -0.3 is 16.4 Å². The van der Waals surface area contributed by atoms with Gasteiger partial charge in [-0.25, -0.2) is 0 Å². The summed E-state index contributed by atoms with van der Waals surface area (Å²) in [6.45, 7) is 2.04. The normalized spacial score (nSPS) is 20.2. The van der Waals surface area contributed by atoms with Gasteiger partial charge in [0.1, 0.15) is 6.04 Å². The minimum atomic E-state index is -0.499. The van der Waals surface area contributed by atoms with Crippen LogP contribution in [0.15, 0.2) is 0 Å². The van der Waals surface area contributed by atoms with Crippen LogP contribution >= 0.6 is 0 Å². The first-order valence-electron chi connectivity index (χ1n) is 5.78. The molecule has 0 radical (unpaired) electrons. The van der Waals surface area contributed by atoms with Crippen molar-refractivity contribution < 1.29 is 9.59 Å². The van der Waals surface area contributed by atoms with Gasteiger partial charge in [0, 0.05) is 13.6 Å². The summed E-state index contributed by atoms with van der Waals surface area (Å²) < 4.78 is 0. The van der Waals surface area contributed by atoms with Crippen molar-refractivity contribution in [3.05, 3.63) is 0 Å². The zero-order valence-corrected chi connectivity index (χ0v) is 10.0. The van der Waals surface area contributed by atoms with Crippen LogP contribution in [0.25, 0.3) is 0 Å². The Bertz CT molecular complexity index is 272. The fraction of sp³-hybridized carbons (Fsp3) is 0.818. The second-order valence-corrected chi connectivity index (χ2v) is 4.50. The van der Waals surface area contributed by atoms with Gasteiger partial charge in [-0.2, -0.15) is 0 Å². The van der Waals surface area contributed by atoms with Crippen molar-refractivity contribution in [3.8, 4) is 0 Å². The van der Waals surface area contributed by atoms with Crippen LogP contribution in [0.4, 0.5) is 0 Å². The Balaban J connectivity index is 2.60. The van der Waals surface area contributed by atoms with Crippen molar-refractivity contribution in [1.82, 2.24) is 10.6 Å². The lowest BCUT2D eigenvalue weighted by Crippen LogP contribution is -2.51. The fourth-order valence-corrected chi connectivity index (χ4v) is 2.21. The average Bonchev–Trinajstić information content (AvgIpc) is 2.77. The summed E-state index contributed by atoms with van der Waals surface area (Å²) in [5.41, 5.74) is 5.25. The summed E-state index contributed by atoms with van der Waals surface area (Å²) in [4.78, 5) is 23.4. The van der Waals surface area contributed by atoms with E-state index in [1.165, 1.54) is 0 Å². The number of hydrogen-bond acceptors (Lipinski definition) is 3. The number of rotatable bonds is 4. The quantitative estimate of drug-likeness (QED) is 0.619. The molecule has 92 valence electrons. The van der Waals surface area contributed by atoms with Gasteiger partial charge in [-0.05, 0) is 19.8 Å². The van der Waals surface area contributed by atoms with E-state index in [1.54, 1.807) is 14.0 Å². The lowest BCUT2D eigenvalue weighted by molar-refractivity contribution is -0.134. The summed E-state index contributed by atoms with van der Waals surface area (Å²) in [5.74, 6) is -0.262. The van der Waals surface area contributed by atoms with Crippen LogP contribution in [0.1, 0.15) is 32.6 Å². The Kier molecular flexibility index (Phi) is 4.29. The zero-order valence-electron chi connectivity index (χ0n) is 10.0. The Morgan fingerprint density at radius 1 is 1.38 bits per heavy atom. The highest BCUT2D eigenvalue weighted by Crippen LogP contribution is 2.37. The Morgan fingerprint density at radius 3 is 2.38 bits per heavy atom. The van der Waals surface area contributed by atoms with Crippen LogP contribution < -0.4 is 16.4 Å². The summed E-state index contributed by atoms with van der Waals surface area (Å²) in [6, 6.07) is -0.499. The smallest absolute Gasteiger partial charge is 0.242 e. The van der Waals surface area contributed by atoms with Gasteiger partial charge >= 0.3 is 0 Å². The van der Waals surface area contributed by atoms with Crippen LogP contribution in [0.2, 0.25) is 0 Å². The van der Waals surface area contributed by atoms with Gasteiger partial charge in [-0.15, -0.1) is 0 Å². The molecule has 1 fully saturated rings. The number of amides is 2. The lowest BCUT2D eigenvalue weighted by Gasteiger charge is -2.27. The van der Waals surface area contributed by atoms with Crippen LogP contribution in [0.5, 0.6) is 0 Å². The maximum atomic E-state index is 12.1. The highest BCUT2D eigenvalue weighted by molar-refractivity contribution is 5.90. The zero-order chi connectivity index (χ0) is 12.2. The molecule has 5 nitrogen and oxygen atoms in total. The summed E-state index contributed by atoms with van der Waals surface area (Å²) >= 11 is 0. The van der Waals surface area contributed by atoms with E-state index in [0.717, 1.165) is 25.7 Å². The SMILES string of the molecule is CNC(=O)C(C)NC(=O)C1(CN)CCCC1. The highest BCUT2D eigenvalue weighted by atomic mass is 16.2. The monoisotopic (exact) mass is 227 g/mol. The largest absolute Gasteiger partial charge is 0.357 e. The van der Waals surface area contributed by atoms with Gasteiger partial charge in [-0.1, -0.05) is 12.8 Å². The molecule has 0 aromatic heterocycles. The summed E-state index contributed by atoms with van der Waals surface area (Å²) in [5, 5.41) is 5.24. The molecule has 0 aromatic carbocycles. The van der Waals surface area contributed by atoms with E-state index in [-0.39, 0.29) is 11.8 Å². The maximum absolute atomic E-state index is 12.1. The predicted octanol–water partition coefficient (Wildman–Crippen LogP) is -0.244. The van der Waals surface area contributed by atoms with E-state index >= 15 is 0 Å². The molecule has 1 aliphatic carbocycles. The Labute approximate surface area is 96.1 Å².